The standard InChI is InChI=1S/C13H17FO2/c1-9(2)12-7-10(3-4-13(12)14)16-11-5-6-15-8-11/h3-4,7,9,11H,5-6,8H2,1-2H3/t11-/m0/s1. The Labute approximate surface area is 95.4 Å². The average Bonchev–Trinajstić information content (AvgIpc) is 2.73. The van der Waals surface area contributed by atoms with Crippen molar-refractivity contribution in [3.05, 3.63) is 29.6 Å². The Balaban J connectivity index is 2.12. The van der Waals surface area contributed by atoms with Gasteiger partial charge in [0.25, 0.3) is 0 Å². The van der Waals surface area contributed by atoms with Crippen molar-refractivity contribution in [2.75, 3.05) is 13.2 Å². The molecule has 1 aromatic rings. The molecule has 0 bridgehead atoms. The number of rotatable bonds is 3. The fourth-order valence-electron chi connectivity index (χ4n) is 1.84. The van der Waals surface area contributed by atoms with Gasteiger partial charge in [0.1, 0.15) is 17.7 Å². The fraction of sp³-hybridized carbons (Fsp3) is 0.538. The molecule has 0 radical (unpaired) electrons. The maximum Gasteiger partial charge on any atom is 0.126 e. The number of halogens is 1. The molecule has 1 fully saturated rings. The smallest absolute Gasteiger partial charge is 0.126 e. The molecule has 0 aliphatic carbocycles. The highest BCUT2D eigenvalue weighted by Crippen LogP contribution is 2.25. The van der Waals surface area contributed by atoms with Crippen LogP contribution < -0.4 is 4.74 Å². The molecule has 1 saturated heterocycles. The van der Waals surface area contributed by atoms with E-state index >= 15 is 0 Å². The second kappa shape index (κ2) is 4.83. The summed E-state index contributed by atoms with van der Waals surface area (Å²) in [6, 6.07) is 4.94. The Morgan fingerprint density at radius 1 is 1.44 bits per heavy atom. The summed E-state index contributed by atoms with van der Waals surface area (Å²) in [6.45, 7) is 5.33. The lowest BCUT2D eigenvalue weighted by Crippen LogP contribution is -2.15. The second-order valence-corrected chi connectivity index (χ2v) is 4.44. The molecule has 1 aliphatic heterocycles. The minimum Gasteiger partial charge on any atom is -0.488 e. The minimum atomic E-state index is -0.162. The predicted octanol–water partition coefficient (Wildman–Crippen LogP) is 3.12. The highest BCUT2D eigenvalue weighted by atomic mass is 19.1. The molecule has 16 heavy (non-hydrogen) atoms. The van der Waals surface area contributed by atoms with E-state index in [1.165, 1.54) is 6.07 Å². The third-order valence-corrected chi connectivity index (χ3v) is 2.78. The van der Waals surface area contributed by atoms with Crippen molar-refractivity contribution in [2.24, 2.45) is 0 Å². The third-order valence-electron chi connectivity index (χ3n) is 2.78. The topological polar surface area (TPSA) is 18.5 Å². The minimum absolute atomic E-state index is 0.116. The van der Waals surface area contributed by atoms with Crippen LogP contribution in [0.15, 0.2) is 18.2 Å². The third kappa shape index (κ3) is 2.53. The van der Waals surface area contributed by atoms with Gasteiger partial charge in [-0.15, -0.1) is 0 Å². The quantitative estimate of drug-likeness (QED) is 0.785. The first kappa shape index (κ1) is 11.4. The zero-order valence-electron chi connectivity index (χ0n) is 9.70. The Hall–Kier alpha value is -1.09. The van der Waals surface area contributed by atoms with Crippen LogP contribution in [0.3, 0.4) is 0 Å². The second-order valence-electron chi connectivity index (χ2n) is 4.44. The molecular formula is C13H17FO2. The first-order valence-corrected chi connectivity index (χ1v) is 5.70. The zero-order chi connectivity index (χ0) is 11.5. The van der Waals surface area contributed by atoms with Gasteiger partial charge in [-0.25, -0.2) is 4.39 Å². The lowest BCUT2D eigenvalue weighted by atomic mass is 10.0. The van der Waals surface area contributed by atoms with Crippen LogP contribution in [-0.4, -0.2) is 19.3 Å². The number of hydrogen-bond donors (Lipinski definition) is 0. The first-order valence-electron chi connectivity index (χ1n) is 5.70. The van der Waals surface area contributed by atoms with Gasteiger partial charge in [0.05, 0.1) is 13.2 Å². The molecule has 2 rings (SSSR count). The molecule has 0 aromatic heterocycles. The lowest BCUT2D eigenvalue weighted by molar-refractivity contribution is 0.141. The number of ether oxygens (including phenoxy) is 2. The van der Waals surface area contributed by atoms with Gasteiger partial charge in [0.2, 0.25) is 0 Å². The summed E-state index contributed by atoms with van der Waals surface area (Å²) < 4.78 is 24.4. The lowest BCUT2D eigenvalue weighted by Gasteiger charge is -2.14. The predicted molar refractivity (Wildman–Crippen MR) is 60.3 cm³/mol. The molecule has 88 valence electrons. The molecule has 0 unspecified atom stereocenters. The van der Waals surface area contributed by atoms with E-state index in [1.807, 2.05) is 13.8 Å². The summed E-state index contributed by atoms with van der Waals surface area (Å²) in [5, 5.41) is 0. The van der Waals surface area contributed by atoms with Crippen LogP contribution >= 0.6 is 0 Å². The SMILES string of the molecule is CC(C)c1cc(O[C@H]2CCOC2)ccc1F. The fourth-order valence-corrected chi connectivity index (χ4v) is 1.84. The van der Waals surface area contributed by atoms with Crippen LogP contribution in [0.1, 0.15) is 31.7 Å². The Morgan fingerprint density at radius 2 is 2.25 bits per heavy atom. The van der Waals surface area contributed by atoms with Gasteiger partial charge < -0.3 is 9.47 Å². The molecule has 1 atom stereocenters. The van der Waals surface area contributed by atoms with Crippen LogP contribution in [0.5, 0.6) is 5.75 Å². The van der Waals surface area contributed by atoms with E-state index in [-0.39, 0.29) is 17.8 Å². The Morgan fingerprint density at radius 3 is 2.88 bits per heavy atom. The van der Waals surface area contributed by atoms with E-state index < -0.39 is 0 Å². The normalized spacial score (nSPS) is 20.4. The molecule has 3 heteroatoms. The maximum absolute atomic E-state index is 13.5. The van der Waals surface area contributed by atoms with E-state index in [2.05, 4.69) is 0 Å². The van der Waals surface area contributed by atoms with Crippen molar-refractivity contribution >= 4 is 0 Å². The van der Waals surface area contributed by atoms with Gasteiger partial charge in [-0.2, -0.15) is 0 Å². The largest absolute Gasteiger partial charge is 0.488 e. The molecular weight excluding hydrogens is 207 g/mol. The molecule has 0 N–H and O–H groups in total. The van der Waals surface area contributed by atoms with Crippen molar-refractivity contribution in [3.8, 4) is 5.75 Å². The molecule has 0 amide bonds. The highest BCUT2D eigenvalue weighted by Gasteiger charge is 2.18. The van der Waals surface area contributed by atoms with E-state index in [0.29, 0.717) is 12.2 Å². The van der Waals surface area contributed by atoms with E-state index in [0.717, 1.165) is 18.8 Å². The summed E-state index contributed by atoms with van der Waals surface area (Å²) >= 11 is 0. The van der Waals surface area contributed by atoms with Gasteiger partial charge in [-0.1, -0.05) is 13.8 Å². The first-order chi connectivity index (χ1) is 7.66. The average molecular weight is 224 g/mol. The summed E-state index contributed by atoms with van der Waals surface area (Å²) in [5.41, 5.74) is 0.705. The van der Waals surface area contributed by atoms with Gasteiger partial charge in [0.15, 0.2) is 0 Å². The van der Waals surface area contributed by atoms with E-state index in [1.54, 1.807) is 12.1 Å². The molecule has 1 heterocycles. The maximum atomic E-state index is 13.5. The van der Waals surface area contributed by atoms with Crippen molar-refractivity contribution in [2.45, 2.75) is 32.3 Å². The highest BCUT2D eigenvalue weighted by molar-refractivity contribution is 5.31. The summed E-state index contributed by atoms with van der Waals surface area (Å²) in [5.74, 6) is 0.744. The zero-order valence-corrected chi connectivity index (χ0v) is 9.70. The van der Waals surface area contributed by atoms with Crippen LogP contribution in [-0.2, 0) is 4.74 Å². The van der Waals surface area contributed by atoms with Crippen LogP contribution in [0, 0.1) is 5.82 Å². The van der Waals surface area contributed by atoms with Crippen LogP contribution in [0.25, 0.3) is 0 Å². The van der Waals surface area contributed by atoms with Crippen LogP contribution in [0.4, 0.5) is 4.39 Å². The monoisotopic (exact) mass is 224 g/mol. The summed E-state index contributed by atoms with van der Waals surface area (Å²) in [6.07, 6.45) is 1.03. The molecule has 0 spiro atoms. The molecule has 0 saturated carbocycles. The van der Waals surface area contributed by atoms with Crippen LogP contribution in [0.2, 0.25) is 0 Å². The molecule has 1 aliphatic rings. The van der Waals surface area contributed by atoms with Gasteiger partial charge in [-0.3, -0.25) is 0 Å². The van der Waals surface area contributed by atoms with Crippen molar-refractivity contribution < 1.29 is 13.9 Å². The Kier molecular flexibility index (Phi) is 3.44. The van der Waals surface area contributed by atoms with E-state index in [4.69, 9.17) is 9.47 Å². The molecule has 2 nitrogen and oxygen atoms in total. The van der Waals surface area contributed by atoms with Crippen molar-refractivity contribution in [1.82, 2.24) is 0 Å². The van der Waals surface area contributed by atoms with Crippen molar-refractivity contribution in [1.29, 1.82) is 0 Å². The number of hydrogen-bond acceptors (Lipinski definition) is 2. The number of benzene rings is 1. The van der Waals surface area contributed by atoms with Gasteiger partial charge >= 0.3 is 0 Å². The Bertz CT molecular complexity index is 357. The van der Waals surface area contributed by atoms with Crippen molar-refractivity contribution in [3.63, 3.8) is 0 Å². The van der Waals surface area contributed by atoms with Gasteiger partial charge in [0, 0.05) is 6.42 Å². The van der Waals surface area contributed by atoms with E-state index in [9.17, 15) is 4.39 Å². The van der Waals surface area contributed by atoms with Gasteiger partial charge in [-0.05, 0) is 29.7 Å². The molecule has 1 aromatic carbocycles. The summed E-state index contributed by atoms with van der Waals surface area (Å²) in [7, 11) is 0. The summed E-state index contributed by atoms with van der Waals surface area (Å²) in [4.78, 5) is 0.